The van der Waals surface area contributed by atoms with Crippen molar-refractivity contribution in [2.45, 2.75) is 126 Å². The molecule has 1 saturated heterocycles. The van der Waals surface area contributed by atoms with Crippen molar-refractivity contribution in [1.29, 1.82) is 0 Å². The number of amides is 4. The minimum Gasteiger partial charge on any atom is -0.493 e. The molecule has 5 aliphatic rings. The predicted molar refractivity (Wildman–Crippen MR) is 241 cm³/mol. The summed E-state index contributed by atoms with van der Waals surface area (Å²) in [5.74, 6) is 2.37. The molecule has 0 unspecified atom stereocenters. The minimum absolute atomic E-state index is 0.0154. The van der Waals surface area contributed by atoms with Crippen LogP contribution in [0.15, 0.2) is 54.9 Å². The Hall–Kier alpha value is -6.10. The fourth-order valence-corrected chi connectivity index (χ4v) is 10.2. The molecule has 8 rings (SSSR count). The molecular formula is C48H55F3N6O10S. The number of rotatable bonds is 12. The maximum absolute atomic E-state index is 15.0. The fourth-order valence-electron chi connectivity index (χ4n) is 8.90. The Kier molecular flexibility index (Phi) is 13.6. The second-order valence-electron chi connectivity index (χ2n) is 18.8. The number of hydrogen-bond acceptors (Lipinski definition) is 12. The van der Waals surface area contributed by atoms with Crippen LogP contribution in [0.1, 0.15) is 96.2 Å². The summed E-state index contributed by atoms with van der Waals surface area (Å²) in [5, 5.41) is 5.72. The van der Waals surface area contributed by atoms with Crippen LogP contribution in [0.2, 0.25) is 0 Å². The molecule has 3 N–H and O–H groups in total. The van der Waals surface area contributed by atoms with Crippen molar-refractivity contribution in [2.75, 3.05) is 26.4 Å². The molecule has 20 heteroatoms. The van der Waals surface area contributed by atoms with Crippen LogP contribution >= 0.6 is 0 Å². The van der Waals surface area contributed by atoms with Crippen molar-refractivity contribution in [3.8, 4) is 29.1 Å². The molecule has 364 valence electrons. The van der Waals surface area contributed by atoms with Crippen molar-refractivity contribution in [1.82, 2.24) is 30.2 Å². The molecule has 4 amide bonds. The van der Waals surface area contributed by atoms with Gasteiger partial charge in [0.05, 0.1) is 42.5 Å². The first-order valence-corrected chi connectivity index (χ1v) is 24.5. The van der Waals surface area contributed by atoms with Crippen LogP contribution in [-0.2, 0) is 41.7 Å². The number of sulfonamides is 1. The van der Waals surface area contributed by atoms with E-state index in [-0.39, 0.29) is 62.4 Å². The van der Waals surface area contributed by atoms with Crippen LogP contribution in [-0.4, -0.2) is 101 Å². The van der Waals surface area contributed by atoms with E-state index >= 15 is 13.2 Å². The Labute approximate surface area is 392 Å². The normalized spacial score (nSPS) is 25.9. The maximum atomic E-state index is 15.0. The number of carbonyl (C=O) groups is 4. The lowest BCUT2D eigenvalue weighted by Crippen LogP contribution is -2.68. The van der Waals surface area contributed by atoms with E-state index in [1.165, 1.54) is 24.0 Å². The third kappa shape index (κ3) is 10.2. The Balaban J connectivity index is 1.12. The lowest BCUT2D eigenvalue weighted by Gasteiger charge is -2.38. The number of fused-ring (bicyclic) bond motifs is 5. The van der Waals surface area contributed by atoms with Crippen LogP contribution < -0.4 is 29.6 Å². The Morgan fingerprint density at radius 2 is 1.79 bits per heavy atom. The van der Waals surface area contributed by atoms with Crippen LogP contribution in [0.5, 0.6) is 17.2 Å². The molecule has 16 nitrogen and oxygen atoms in total. The van der Waals surface area contributed by atoms with Crippen molar-refractivity contribution in [3.63, 3.8) is 0 Å². The van der Waals surface area contributed by atoms with Crippen LogP contribution in [0, 0.1) is 23.7 Å². The number of alkyl carbamates (subject to hydrolysis) is 1. The first-order chi connectivity index (χ1) is 32.3. The van der Waals surface area contributed by atoms with E-state index < -0.39 is 85.3 Å². The molecular weight excluding hydrogens is 910 g/mol. The summed E-state index contributed by atoms with van der Waals surface area (Å²) in [6.45, 7) is 5.45. The van der Waals surface area contributed by atoms with Gasteiger partial charge in [0.25, 0.3) is 5.91 Å². The summed E-state index contributed by atoms with van der Waals surface area (Å²) in [6.07, 6.45) is 4.12. The van der Waals surface area contributed by atoms with Gasteiger partial charge in [0, 0.05) is 36.2 Å². The number of allylic oxidation sites excluding steroid dienone is 1. The summed E-state index contributed by atoms with van der Waals surface area (Å²) in [6, 6.07) is 5.34. The van der Waals surface area contributed by atoms with E-state index in [0.29, 0.717) is 68.4 Å². The van der Waals surface area contributed by atoms with Crippen molar-refractivity contribution >= 4 is 44.7 Å². The molecule has 1 saturated carbocycles. The standard InChI is InChI=1S/C48H55F3N6O10S/c1-30(2)28-66-44(61)54-37-11-8-6-4-5-7-10-31-14-19-47(31,43(60)56-68(62,63)45(3)20-21-45)55-41(58)38-27-46(29-57(38)42(37)59)18-15-34-35-26-33(65-25-9-24-64-32-16-22-52-23-17-32)12-13-36(35)53-40(39(34)67-46)48(49,50)51/h7,10,12-13,16-17,22-23,26,30-31,37-38H,4-6,8-9,11,15,18,20-21,24-25,27-29H2,1-3H3,(H,54,61)(H,55,58)(H,56,60)/b10-7-/t31-,37+,38+,46-,47-/m1/s1. The van der Waals surface area contributed by atoms with E-state index in [1.807, 2.05) is 13.8 Å². The maximum Gasteiger partial charge on any atom is 0.437 e. The molecule has 68 heavy (non-hydrogen) atoms. The molecule has 3 aromatic rings. The van der Waals surface area contributed by atoms with Gasteiger partial charge in [0.1, 0.15) is 29.2 Å². The number of benzene rings is 1. The van der Waals surface area contributed by atoms with E-state index in [9.17, 15) is 27.6 Å². The average Bonchev–Trinajstić information content (AvgIpc) is 3.96. The third-order valence-corrected chi connectivity index (χ3v) is 15.3. The molecule has 2 fully saturated rings. The summed E-state index contributed by atoms with van der Waals surface area (Å²) in [7, 11) is -4.20. The van der Waals surface area contributed by atoms with E-state index in [1.54, 1.807) is 42.7 Å². The smallest absolute Gasteiger partial charge is 0.437 e. The van der Waals surface area contributed by atoms with E-state index in [4.69, 9.17) is 18.9 Å². The predicted octanol–water partition coefficient (Wildman–Crippen LogP) is 5.92. The first kappa shape index (κ1) is 48.4. The number of alkyl halides is 3. The molecule has 0 radical (unpaired) electrons. The largest absolute Gasteiger partial charge is 0.493 e. The van der Waals surface area contributed by atoms with Gasteiger partial charge in [-0.2, -0.15) is 13.2 Å². The highest BCUT2D eigenvalue weighted by atomic mass is 32.2. The quantitative estimate of drug-likeness (QED) is 0.110. The van der Waals surface area contributed by atoms with Crippen molar-refractivity contribution in [3.05, 3.63) is 66.1 Å². The van der Waals surface area contributed by atoms with Gasteiger partial charge in [-0.1, -0.05) is 50.7 Å². The lowest BCUT2D eigenvalue weighted by atomic mass is 9.75. The number of halogens is 3. The number of aryl methyl sites for hydroxylation is 1. The van der Waals surface area contributed by atoms with Gasteiger partial charge in [0.2, 0.25) is 21.8 Å². The Morgan fingerprint density at radius 1 is 1.04 bits per heavy atom. The average molecular weight is 965 g/mol. The molecule has 0 bridgehead atoms. The number of ether oxygens (including phenoxy) is 4. The molecule has 2 aliphatic carbocycles. The summed E-state index contributed by atoms with van der Waals surface area (Å²) >= 11 is 0. The van der Waals surface area contributed by atoms with Gasteiger partial charge in [-0.15, -0.1) is 0 Å². The van der Waals surface area contributed by atoms with Gasteiger partial charge in [0.15, 0.2) is 17.0 Å². The first-order valence-electron chi connectivity index (χ1n) is 23.0. The Bertz CT molecular complexity index is 2650. The van der Waals surface area contributed by atoms with Crippen LogP contribution in [0.4, 0.5) is 18.0 Å². The van der Waals surface area contributed by atoms with Gasteiger partial charge in [-0.25, -0.2) is 22.9 Å². The number of carbonyl (C=O) groups excluding carboxylic acids is 4. The summed E-state index contributed by atoms with van der Waals surface area (Å²) < 4.78 is 96.3. The molecule has 5 heterocycles. The number of hydrogen-bond donors (Lipinski definition) is 3. The SMILES string of the molecule is CC(C)COC(=O)N[C@H]1CCCCC/C=C\[C@@H]2C#C[C@@]2(C(=O)NS(=O)(=O)C2(C)CC2)NC(=O)[C@@H]2C[C@]3(CCc4c(c(C(F)(F)F)nc5ccc(OCCCOc6ccncc6)cc45)O3)CN2C1=O. The summed E-state index contributed by atoms with van der Waals surface area (Å²) in [4.78, 5) is 66.2. The van der Waals surface area contributed by atoms with Gasteiger partial charge < -0.3 is 34.5 Å². The van der Waals surface area contributed by atoms with Crippen LogP contribution in [0.25, 0.3) is 10.9 Å². The van der Waals surface area contributed by atoms with Gasteiger partial charge in [-0.05, 0) is 88.1 Å². The van der Waals surface area contributed by atoms with E-state index in [0.717, 1.165) is 0 Å². The number of nitrogens with one attached hydrogen (secondary N) is 3. The monoisotopic (exact) mass is 964 g/mol. The Morgan fingerprint density at radius 3 is 2.49 bits per heavy atom. The fraction of sp³-hybridized carbons (Fsp3) is 0.542. The zero-order valence-electron chi connectivity index (χ0n) is 38.1. The minimum atomic E-state index is -4.98. The zero-order chi connectivity index (χ0) is 48.5. The third-order valence-electron chi connectivity index (χ3n) is 13.1. The highest BCUT2D eigenvalue weighted by Crippen LogP contribution is 2.49. The second kappa shape index (κ2) is 19.1. The lowest BCUT2D eigenvalue weighted by molar-refractivity contribution is -0.144. The van der Waals surface area contributed by atoms with Crippen molar-refractivity contribution < 1.29 is 59.7 Å². The van der Waals surface area contributed by atoms with Gasteiger partial charge >= 0.3 is 12.3 Å². The molecule has 5 atom stereocenters. The second-order valence-corrected chi connectivity index (χ2v) is 21.0. The van der Waals surface area contributed by atoms with Crippen LogP contribution in [0.3, 0.4) is 0 Å². The van der Waals surface area contributed by atoms with Crippen molar-refractivity contribution in [2.24, 2.45) is 11.8 Å². The highest BCUT2D eigenvalue weighted by Gasteiger charge is 2.59. The zero-order valence-corrected chi connectivity index (χ0v) is 38.9. The summed E-state index contributed by atoms with van der Waals surface area (Å²) in [5.41, 5.74) is -4.68. The molecule has 1 aromatic carbocycles. The number of pyridine rings is 2. The topological polar surface area (TPSA) is 204 Å². The number of nitrogens with zero attached hydrogens (tertiary/aromatic N) is 3. The van der Waals surface area contributed by atoms with Gasteiger partial charge in [-0.3, -0.25) is 19.4 Å². The van der Waals surface area contributed by atoms with E-state index in [2.05, 4.69) is 37.2 Å². The number of aromatic nitrogens is 2. The molecule has 3 aliphatic heterocycles. The molecule has 2 aromatic heterocycles. The highest BCUT2D eigenvalue weighted by molar-refractivity contribution is 7.91. The molecule has 1 spiro atoms.